The first-order valence-corrected chi connectivity index (χ1v) is 3.22. The molecular formula is C8H11NO. The number of rotatable bonds is 3. The molecule has 0 saturated carbocycles. The lowest BCUT2D eigenvalue weighted by Crippen LogP contribution is -1.94. The van der Waals surface area contributed by atoms with E-state index in [2.05, 4.69) is 0 Å². The number of allylic oxidation sites excluding steroid dienone is 3. The van der Waals surface area contributed by atoms with Gasteiger partial charge in [0.05, 0.1) is 6.07 Å². The zero-order valence-corrected chi connectivity index (χ0v) is 5.99. The highest BCUT2D eigenvalue weighted by Gasteiger charge is 1.88. The molecule has 0 fully saturated rings. The molecule has 2 heteroatoms. The average molecular weight is 137 g/mol. The smallest absolute Gasteiger partial charge is 0.159 e. The number of hydrogen-bond donors (Lipinski definition) is 1. The van der Waals surface area contributed by atoms with Gasteiger partial charge in [-0.15, -0.1) is 0 Å². The average Bonchev–Trinajstić information content (AvgIpc) is 1.98. The minimum Gasteiger partial charge on any atom is -0.374 e. The van der Waals surface area contributed by atoms with Crippen LogP contribution in [0.25, 0.3) is 0 Å². The molecule has 1 unspecified atom stereocenters. The Morgan fingerprint density at radius 3 is 2.80 bits per heavy atom. The van der Waals surface area contributed by atoms with Crippen LogP contribution in [-0.2, 0) is 0 Å². The molecule has 2 nitrogen and oxygen atoms in total. The maximum atomic E-state index is 8.68. The number of aliphatic hydroxyl groups excluding tert-OH is 1. The van der Waals surface area contributed by atoms with Crippen LogP contribution in [0.3, 0.4) is 0 Å². The van der Waals surface area contributed by atoms with E-state index in [1.165, 1.54) is 6.08 Å². The van der Waals surface area contributed by atoms with E-state index < -0.39 is 6.10 Å². The van der Waals surface area contributed by atoms with Crippen LogP contribution in [0, 0.1) is 11.3 Å². The summed E-state index contributed by atoms with van der Waals surface area (Å²) >= 11 is 0. The molecular weight excluding hydrogens is 126 g/mol. The van der Waals surface area contributed by atoms with Crippen molar-refractivity contribution in [1.29, 1.82) is 5.26 Å². The van der Waals surface area contributed by atoms with Crippen molar-refractivity contribution >= 4 is 0 Å². The third kappa shape index (κ3) is 5.07. The molecule has 0 bridgehead atoms. The second-order valence-corrected chi connectivity index (χ2v) is 1.80. The zero-order chi connectivity index (χ0) is 7.82. The SMILES string of the molecule is CCC=CC=CC(O)C#N. The molecule has 0 aliphatic carbocycles. The lowest BCUT2D eigenvalue weighted by atomic mass is 10.3. The highest BCUT2D eigenvalue weighted by Crippen LogP contribution is 1.85. The predicted molar refractivity (Wildman–Crippen MR) is 40.2 cm³/mol. The molecule has 0 aromatic carbocycles. The van der Waals surface area contributed by atoms with Gasteiger partial charge in [-0.3, -0.25) is 0 Å². The molecule has 0 aliphatic heterocycles. The quantitative estimate of drug-likeness (QED) is 0.472. The molecule has 1 atom stereocenters. The van der Waals surface area contributed by atoms with Gasteiger partial charge in [-0.1, -0.05) is 25.2 Å². The molecule has 0 amide bonds. The van der Waals surface area contributed by atoms with Crippen LogP contribution >= 0.6 is 0 Å². The minimum absolute atomic E-state index is 0.965. The summed E-state index contributed by atoms with van der Waals surface area (Å²) in [5.41, 5.74) is 0. The Balaban J connectivity index is 3.57. The van der Waals surface area contributed by atoms with Gasteiger partial charge in [0.15, 0.2) is 6.10 Å². The van der Waals surface area contributed by atoms with Crippen LogP contribution in [0.4, 0.5) is 0 Å². The predicted octanol–water partition coefficient (Wildman–Crippen LogP) is 1.39. The van der Waals surface area contributed by atoms with Crippen LogP contribution < -0.4 is 0 Å². The van der Waals surface area contributed by atoms with E-state index in [4.69, 9.17) is 10.4 Å². The maximum absolute atomic E-state index is 8.68. The van der Waals surface area contributed by atoms with Gasteiger partial charge in [-0.05, 0) is 12.5 Å². The van der Waals surface area contributed by atoms with Crippen molar-refractivity contribution in [2.75, 3.05) is 0 Å². The first kappa shape index (κ1) is 8.93. The van der Waals surface area contributed by atoms with Crippen molar-refractivity contribution in [3.05, 3.63) is 24.3 Å². The summed E-state index contributed by atoms with van der Waals surface area (Å²) in [6.45, 7) is 2.02. The van der Waals surface area contributed by atoms with E-state index in [0.29, 0.717) is 0 Å². The fraction of sp³-hybridized carbons (Fsp3) is 0.375. The molecule has 54 valence electrons. The van der Waals surface area contributed by atoms with Crippen LogP contribution in [0.15, 0.2) is 24.3 Å². The molecule has 0 saturated heterocycles. The van der Waals surface area contributed by atoms with Crippen molar-refractivity contribution in [2.45, 2.75) is 19.4 Å². The monoisotopic (exact) mass is 137 g/mol. The van der Waals surface area contributed by atoms with Gasteiger partial charge in [0, 0.05) is 0 Å². The molecule has 1 N–H and O–H groups in total. The Kier molecular flexibility index (Phi) is 5.41. The van der Waals surface area contributed by atoms with Crippen molar-refractivity contribution < 1.29 is 5.11 Å². The summed E-state index contributed by atoms with van der Waals surface area (Å²) in [6, 6.07) is 1.68. The molecule has 0 aliphatic rings. The Hall–Kier alpha value is -1.07. The van der Waals surface area contributed by atoms with Crippen LogP contribution in [0.2, 0.25) is 0 Å². The third-order valence-electron chi connectivity index (χ3n) is 0.909. The Bertz CT molecular complexity index is 165. The second kappa shape index (κ2) is 6.06. The molecule has 0 rings (SSSR count). The number of nitrogens with zero attached hydrogens (tertiary/aromatic N) is 1. The van der Waals surface area contributed by atoms with Crippen molar-refractivity contribution in [2.24, 2.45) is 0 Å². The van der Waals surface area contributed by atoms with Crippen molar-refractivity contribution in [3.63, 3.8) is 0 Å². The summed E-state index contributed by atoms with van der Waals surface area (Å²) in [7, 11) is 0. The number of nitriles is 1. The molecule has 0 aromatic rings. The molecule has 0 radical (unpaired) electrons. The van der Waals surface area contributed by atoms with Gasteiger partial charge in [-0.2, -0.15) is 5.26 Å². The summed E-state index contributed by atoms with van der Waals surface area (Å²) in [5.74, 6) is 0. The van der Waals surface area contributed by atoms with E-state index in [1.54, 1.807) is 18.2 Å². The Morgan fingerprint density at radius 1 is 1.60 bits per heavy atom. The van der Waals surface area contributed by atoms with Crippen LogP contribution in [0.5, 0.6) is 0 Å². The van der Waals surface area contributed by atoms with E-state index in [1.807, 2.05) is 13.0 Å². The zero-order valence-electron chi connectivity index (χ0n) is 5.99. The van der Waals surface area contributed by atoms with Gasteiger partial charge in [0.2, 0.25) is 0 Å². The molecule has 0 aromatic heterocycles. The van der Waals surface area contributed by atoms with Crippen LogP contribution in [0.1, 0.15) is 13.3 Å². The summed E-state index contributed by atoms with van der Waals surface area (Å²) in [6.07, 6.45) is 6.85. The summed E-state index contributed by atoms with van der Waals surface area (Å²) < 4.78 is 0. The summed E-state index contributed by atoms with van der Waals surface area (Å²) in [4.78, 5) is 0. The van der Waals surface area contributed by atoms with Gasteiger partial charge in [0.25, 0.3) is 0 Å². The van der Waals surface area contributed by atoms with Gasteiger partial charge in [-0.25, -0.2) is 0 Å². The van der Waals surface area contributed by atoms with Gasteiger partial charge >= 0.3 is 0 Å². The molecule has 0 heterocycles. The standard InChI is InChI=1S/C8H11NO/c1-2-3-4-5-6-8(10)7-9/h3-6,8,10H,2H2,1H3. The lowest BCUT2D eigenvalue weighted by Gasteiger charge is -1.85. The normalized spacial score (nSPS) is 14.1. The second-order valence-electron chi connectivity index (χ2n) is 1.80. The first-order valence-electron chi connectivity index (χ1n) is 3.22. The fourth-order valence-corrected chi connectivity index (χ4v) is 0.427. The third-order valence-corrected chi connectivity index (χ3v) is 0.909. The number of hydrogen-bond acceptors (Lipinski definition) is 2. The van der Waals surface area contributed by atoms with E-state index in [-0.39, 0.29) is 0 Å². The van der Waals surface area contributed by atoms with E-state index in [0.717, 1.165) is 6.42 Å². The molecule has 10 heavy (non-hydrogen) atoms. The summed E-state index contributed by atoms with van der Waals surface area (Å²) in [5, 5.41) is 16.8. The lowest BCUT2D eigenvalue weighted by molar-refractivity contribution is 0.278. The minimum atomic E-state index is -0.971. The largest absolute Gasteiger partial charge is 0.374 e. The highest BCUT2D eigenvalue weighted by molar-refractivity contribution is 5.09. The van der Waals surface area contributed by atoms with Crippen molar-refractivity contribution in [1.82, 2.24) is 0 Å². The van der Waals surface area contributed by atoms with Crippen molar-refractivity contribution in [3.8, 4) is 6.07 Å². The topological polar surface area (TPSA) is 44.0 Å². The van der Waals surface area contributed by atoms with E-state index in [9.17, 15) is 0 Å². The Morgan fingerprint density at radius 2 is 2.30 bits per heavy atom. The van der Waals surface area contributed by atoms with Crippen LogP contribution in [-0.4, -0.2) is 11.2 Å². The van der Waals surface area contributed by atoms with Gasteiger partial charge < -0.3 is 5.11 Å². The maximum Gasteiger partial charge on any atom is 0.159 e. The Labute approximate surface area is 61.1 Å². The van der Waals surface area contributed by atoms with E-state index >= 15 is 0 Å². The first-order chi connectivity index (χ1) is 4.81. The van der Waals surface area contributed by atoms with Gasteiger partial charge in [0.1, 0.15) is 0 Å². The highest BCUT2D eigenvalue weighted by atomic mass is 16.3. The number of aliphatic hydroxyl groups is 1. The fourth-order valence-electron chi connectivity index (χ4n) is 0.427. The molecule has 0 spiro atoms.